The fourth-order valence-corrected chi connectivity index (χ4v) is 1.81. The van der Waals surface area contributed by atoms with Gasteiger partial charge in [-0.05, 0) is 35.4 Å². The number of nitriles is 1. The Balaban J connectivity index is 2.30. The van der Waals surface area contributed by atoms with Crippen LogP contribution < -0.4 is 0 Å². The van der Waals surface area contributed by atoms with E-state index in [1.807, 2.05) is 12.1 Å². The van der Waals surface area contributed by atoms with E-state index in [0.717, 1.165) is 11.1 Å². The molecule has 1 atom stereocenters. The molecule has 0 spiro atoms. The number of rotatable bonds is 2. The van der Waals surface area contributed by atoms with Gasteiger partial charge in [0.05, 0.1) is 11.6 Å². The molecule has 2 aromatic rings. The van der Waals surface area contributed by atoms with Crippen molar-refractivity contribution in [3.63, 3.8) is 0 Å². The summed E-state index contributed by atoms with van der Waals surface area (Å²) in [4.78, 5) is 0. The van der Waals surface area contributed by atoms with Crippen LogP contribution in [0, 0.1) is 11.3 Å². The van der Waals surface area contributed by atoms with E-state index in [1.165, 1.54) is 0 Å². The molecule has 0 aliphatic rings. The second-order valence-electron chi connectivity index (χ2n) is 3.69. The number of nitrogens with zero attached hydrogens (tertiary/aromatic N) is 1. The maximum Gasteiger partial charge on any atom is 0.104 e. The van der Waals surface area contributed by atoms with E-state index in [4.69, 9.17) is 16.9 Å². The molecule has 1 N–H and O–H groups in total. The monoisotopic (exact) mass is 243 g/mol. The van der Waals surface area contributed by atoms with Crippen molar-refractivity contribution < 1.29 is 5.11 Å². The largest absolute Gasteiger partial charge is 0.384 e. The molecule has 0 heterocycles. The van der Waals surface area contributed by atoms with Gasteiger partial charge in [-0.2, -0.15) is 5.26 Å². The zero-order valence-corrected chi connectivity index (χ0v) is 9.72. The van der Waals surface area contributed by atoms with E-state index in [-0.39, 0.29) is 0 Å². The molecule has 0 aromatic heterocycles. The first kappa shape index (κ1) is 11.7. The Hall–Kier alpha value is -1.82. The Bertz CT molecular complexity index is 557. The highest BCUT2D eigenvalue weighted by molar-refractivity contribution is 6.30. The summed E-state index contributed by atoms with van der Waals surface area (Å²) in [6.07, 6.45) is -0.721. The highest BCUT2D eigenvalue weighted by Crippen LogP contribution is 2.24. The molecule has 3 heteroatoms. The lowest BCUT2D eigenvalue weighted by Gasteiger charge is -2.11. The summed E-state index contributed by atoms with van der Waals surface area (Å²) in [6.45, 7) is 0. The zero-order chi connectivity index (χ0) is 12.3. The molecule has 17 heavy (non-hydrogen) atoms. The van der Waals surface area contributed by atoms with Gasteiger partial charge in [0.1, 0.15) is 6.10 Å². The van der Waals surface area contributed by atoms with Crippen molar-refractivity contribution in [3.05, 3.63) is 70.2 Å². The van der Waals surface area contributed by atoms with Gasteiger partial charge in [-0.15, -0.1) is 0 Å². The Labute approximate surface area is 105 Å². The summed E-state index contributed by atoms with van der Waals surface area (Å²) in [5.74, 6) is 0. The van der Waals surface area contributed by atoms with Crippen LogP contribution in [0.3, 0.4) is 0 Å². The average molecular weight is 244 g/mol. The van der Waals surface area contributed by atoms with Crippen LogP contribution in [0.5, 0.6) is 0 Å². The lowest BCUT2D eigenvalue weighted by Crippen LogP contribution is -1.99. The highest BCUT2D eigenvalue weighted by atomic mass is 35.5. The number of halogens is 1. The van der Waals surface area contributed by atoms with Crippen LogP contribution in [0.15, 0.2) is 48.5 Å². The number of aliphatic hydroxyl groups excluding tert-OH is 1. The quantitative estimate of drug-likeness (QED) is 0.880. The first-order valence-electron chi connectivity index (χ1n) is 5.14. The van der Waals surface area contributed by atoms with Gasteiger partial charge < -0.3 is 5.11 Å². The minimum Gasteiger partial charge on any atom is -0.384 e. The summed E-state index contributed by atoms with van der Waals surface area (Å²) in [6, 6.07) is 16.0. The zero-order valence-electron chi connectivity index (χ0n) is 8.97. The van der Waals surface area contributed by atoms with Gasteiger partial charge in [-0.3, -0.25) is 0 Å². The third-order valence-corrected chi connectivity index (χ3v) is 2.76. The molecule has 2 nitrogen and oxygen atoms in total. The Morgan fingerprint density at radius 3 is 2.35 bits per heavy atom. The minimum atomic E-state index is -0.721. The number of hydrogen-bond acceptors (Lipinski definition) is 2. The van der Waals surface area contributed by atoms with Crippen molar-refractivity contribution in [3.8, 4) is 6.07 Å². The number of aliphatic hydroxyl groups is 1. The van der Waals surface area contributed by atoms with E-state index >= 15 is 0 Å². The normalized spacial score (nSPS) is 11.8. The van der Waals surface area contributed by atoms with Crippen molar-refractivity contribution in [2.24, 2.45) is 0 Å². The molecule has 0 fully saturated rings. The Morgan fingerprint density at radius 2 is 1.76 bits per heavy atom. The smallest absolute Gasteiger partial charge is 0.104 e. The molecule has 84 valence electrons. The SMILES string of the molecule is N#Cc1ccc([C@@H](O)c2cccc(Cl)c2)cc1. The van der Waals surface area contributed by atoms with Crippen molar-refractivity contribution in [2.75, 3.05) is 0 Å². The first-order chi connectivity index (χ1) is 8.20. The van der Waals surface area contributed by atoms with Crippen molar-refractivity contribution in [1.29, 1.82) is 5.26 Å². The van der Waals surface area contributed by atoms with E-state index < -0.39 is 6.10 Å². The third kappa shape index (κ3) is 2.65. The van der Waals surface area contributed by atoms with Crippen molar-refractivity contribution >= 4 is 11.6 Å². The standard InChI is InChI=1S/C14H10ClNO/c15-13-3-1-2-12(8-13)14(17)11-6-4-10(9-16)5-7-11/h1-8,14,17H/t14-/m1/s1. The molecule has 0 radical (unpaired) electrons. The van der Waals surface area contributed by atoms with Crippen LogP contribution in [0.4, 0.5) is 0 Å². The topological polar surface area (TPSA) is 44.0 Å². The van der Waals surface area contributed by atoms with Gasteiger partial charge in [0, 0.05) is 5.02 Å². The van der Waals surface area contributed by atoms with Crippen molar-refractivity contribution in [2.45, 2.75) is 6.10 Å². The Kier molecular flexibility index (Phi) is 3.43. The van der Waals surface area contributed by atoms with Gasteiger partial charge in [0.15, 0.2) is 0 Å². The van der Waals surface area contributed by atoms with Crippen molar-refractivity contribution in [1.82, 2.24) is 0 Å². The summed E-state index contributed by atoms with van der Waals surface area (Å²) in [7, 11) is 0. The fourth-order valence-electron chi connectivity index (χ4n) is 1.61. The second-order valence-corrected chi connectivity index (χ2v) is 4.13. The van der Waals surface area contributed by atoms with Gasteiger partial charge in [0.2, 0.25) is 0 Å². The molecule has 0 aliphatic carbocycles. The lowest BCUT2D eigenvalue weighted by atomic mass is 10.0. The van der Waals surface area contributed by atoms with Crippen LogP contribution in [-0.2, 0) is 0 Å². The van der Waals surface area contributed by atoms with E-state index in [9.17, 15) is 5.11 Å². The summed E-state index contributed by atoms with van der Waals surface area (Å²) < 4.78 is 0. The fraction of sp³-hybridized carbons (Fsp3) is 0.0714. The van der Waals surface area contributed by atoms with Gasteiger partial charge in [-0.1, -0.05) is 35.9 Å². The average Bonchev–Trinajstić information content (AvgIpc) is 2.38. The van der Waals surface area contributed by atoms with E-state index in [2.05, 4.69) is 0 Å². The third-order valence-electron chi connectivity index (χ3n) is 2.52. The lowest BCUT2D eigenvalue weighted by molar-refractivity contribution is 0.220. The first-order valence-corrected chi connectivity index (χ1v) is 5.52. The van der Waals surface area contributed by atoms with Crippen LogP contribution in [0.2, 0.25) is 5.02 Å². The van der Waals surface area contributed by atoms with Gasteiger partial charge in [0.25, 0.3) is 0 Å². The molecule has 0 saturated heterocycles. The van der Waals surface area contributed by atoms with Crippen LogP contribution in [0.1, 0.15) is 22.8 Å². The summed E-state index contributed by atoms with van der Waals surface area (Å²) >= 11 is 5.87. The highest BCUT2D eigenvalue weighted by Gasteiger charge is 2.10. The molecule has 0 aliphatic heterocycles. The maximum absolute atomic E-state index is 10.1. The molecule has 0 unspecified atom stereocenters. The molecular weight excluding hydrogens is 234 g/mol. The predicted molar refractivity (Wildman–Crippen MR) is 66.7 cm³/mol. The minimum absolute atomic E-state index is 0.576. The molecule has 0 amide bonds. The molecule has 0 bridgehead atoms. The molecule has 2 rings (SSSR count). The van der Waals surface area contributed by atoms with E-state index in [0.29, 0.717) is 10.6 Å². The summed E-state index contributed by atoms with van der Waals surface area (Å²) in [5.41, 5.74) is 2.06. The van der Waals surface area contributed by atoms with Crippen LogP contribution >= 0.6 is 11.6 Å². The van der Waals surface area contributed by atoms with E-state index in [1.54, 1.807) is 42.5 Å². The summed E-state index contributed by atoms with van der Waals surface area (Å²) in [5, 5.41) is 19.4. The number of benzene rings is 2. The maximum atomic E-state index is 10.1. The number of hydrogen-bond donors (Lipinski definition) is 1. The molecule has 0 saturated carbocycles. The van der Waals surface area contributed by atoms with Crippen LogP contribution in [-0.4, -0.2) is 5.11 Å². The van der Waals surface area contributed by atoms with Gasteiger partial charge >= 0.3 is 0 Å². The predicted octanol–water partition coefficient (Wildman–Crippen LogP) is 3.29. The van der Waals surface area contributed by atoms with Crippen LogP contribution in [0.25, 0.3) is 0 Å². The molecular formula is C14H10ClNO. The Morgan fingerprint density at radius 1 is 1.06 bits per heavy atom. The second kappa shape index (κ2) is 5.01. The molecule has 2 aromatic carbocycles. The van der Waals surface area contributed by atoms with Gasteiger partial charge in [-0.25, -0.2) is 0 Å².